The van der Waals surface area contributed by atoms with E-state index in [-0.39, 0.29) is 0 Å². The Morgan fingerprint density at radius 3 is 2.15 bits per heavy atom. The van der Waals surface area contributed by atoms with Gasteiger partial charge >= 0.3 is 0 Å². The molecule has 7 heteroatoms. The van der Waals surface area contributed by atoms with Gasteiger partial charge in [0, 0.05) is 25.7 Å². The lowest BCUT2D eigenvalue weighted by atomic mass is 9.89. The summed E-state index contributed by atoms with van der Waals surface area (Å²) in [5.74, 6) is 1.42. The number of benzene rings is 1. The molecule has 154 valence electrons. The van der Waals surface area contributed by atoms with Gasteiger partial charge in [0.15, 0.2) is 11.5 Å². The molecule has 2 rings (SSSR count). The molecule has 0 saturated heterocycles. The minimum atomic E-state index is -3.61. The fraction of sp³-hybridized carbons (Fsp3) is 0.700. The molecule has 27 heavy (non-hydrogen) atoms. The molecule has 0 amide bonds. The topological polar surface area (TPSA) is 59.1 Å². The van der Waals surface area contributed by atoms with E-state index in [1.807, 2.05) is 19.0 Å². The largest absolute Gasteiger partial charge is 0.493 e. The fourth-order valence-corrected chi connectivity index (χ4v) is 5.39. The van der Waals surface area contributed by atoms with E-state index in [1.165, 1.54) is 26.4 Å². The van der Waals surface area contributed by atoms with Crippen LogP contribution in [0.3, 0.4) is 0 Å². The van der Waals surface area contributed by atoms with Crippen LogP contribution in [0.5, 0.6) is 11.5 Å². The zero-order valence-corrected chi connectivity index (χ0v) is 18.1. The lowest BCUT2D eigenvalue weighted by Gasteiger charge is -2.30. The molecule has 0 spiro atoms. The Balaban J connectivity index is 2.36. The van der Waals surface area contributed by atoms with Crippen molar-refractivity contribution in [1.29, 1.82) is 0 Å². The molecular formula is C20H34N2O4S. The second-order valence-electron chi connectivity index (χ2n) is 7.64. The summed E-state index contributed by atoms with van der Waals surface area (Å²) in [4.78, 5) is 2.32. The van der Waals surface area contributed by atoms with E-state index in [1.54, 1.807) is 30.5 Å². The van der Waals surface area contributed by atoms with Crippen molar-refractivity contribution >= 4 is 10.0 Å². The second kappa shape index (κ2) is 9.75. The van der Waals surface area contributed by atoms with Crippen molar-refractivity contribution in [3.05, 3.63) is 17.7 Å². The van der Waals surface area contributed by atoms with Gasteiger partial charge in [0.1, 0.15) is 0 Å². The molecule has 0 heterocycles. The summed E-state index contributed by atoms with van der Waals surface area (Å²) in [7, 11) is 3.39. The minimum Gasteiger partial charge on any atom is -0.493 e. The van der Waals surface area contributed by atoms with Gasteiger partial charge in [0.05, 0.1) is 19.1 Å². The normalized spacial score (nSPS) is 16.1. The predicted molar refractivity (Wildman–Crippen MR) is 108 cm³/mol. The molecule has 1 aromatic rings. The maximum Gasteiger partial charge on any atom is 0.243 e. The Labute approximate surface area is 164 Å². The summed E-state index contributed by atoms with van der Waals surface area (Å²) in [5.41, 5.74) is 0.672. The number of hydrogen-bond acceptors (Lipinski definition) is 5. The van der Waals surface area contributed by atoms with E-state index < -0.39 is 10.0 Å². The molecule has 0 unspecified atom stereocenters. The Morgan fingerprint density at radius 2 is 1.59 bits per heavy atom. The number of sulfonamides is 1. The third kappa shape index (κ3) is 5.59. The Morgan fingerprint density at radius 1 is 1.00 bits per heavy atom. The van der Waals surface area contributed by atoms with Gasteiger partial charge in [-0.25, -0.2) is 8.42 Å². The van der Waals surface area contributed by atoms with Gasteiger partial charge in [-0.3, -0.25) is 0 Å². The quantitative estimate of drug-likeness (QED) is 0.640. The van der Waals surface area contributed by atoms with E-state index in [0.29, 0.717) is 47.5 Å². The highest BCUT2D eigenvalue weighted by molar-refractivity contribution is 7.89. The highest BCUT2D eigenvalue weighted by Crippen LogP contribution is 2.34. The molecule has 0 aromatic heterocycles. The predicted octanol–water partition coefficient (Wildman–Crippen LogP) is 3.14. The molecule has 1 aliphatic rings. The summed E-state index contributed by atoms with van der Waals surface area (Å²) in [6.07, 6.45) is 5.87. The number of nitrogens with zero attached hydrogens (tertiary/aromatic N) is 2. The van der Waals surface area contributed by atoms with Crippen molar-refractivity contribution < 1.29 is 17.9 Å². The first-order valence-corrected chi connectivity index (χ1v) is 11.1. The maximum atomic E-state index is 13.5. The standard InChI is InChI=1S/C20H34N2O4S/c1-16-13-18(25-4)19(26-5)14-20(16)27(23,24)22(12-11-21(2)3)15-17-9-7-6-8-10-17/h13-14,17H,6-12,15H2,1-5H3. The fourth-order valence-electron chi connectivity index (χ4n) is 3.66. The average molecular weight is 399 g/mol. The van der Waals surface area contributed by atoms with Gasteiger partial charge in [0.2, 0.25) is 10.0 Å². The van der Waals surface area contributed by atoms with E-state index >= 15 is 0 Å². The van der Waals surface area contributed by atoms with Gasteiger partial charge in [-0.1, -0.05) is 19.3 Å². The maximum absolute atomic E-state index is 13.5. The number of methoxy groups -OCH3 is 2. The minimum absolute atomic E-state index is 0.301. The number of rotatable bonds is 9. The van der Waals surface area contributed by atoms with Crippen molar-refractivity contribution in [3.63, 3.8) is 0 Å². The molecule has 0 atom stereocenters. The van der Waals surface area contributed by atoms with Crippen LogP contribution in [0.2, 0.25) is 0 Å². The van der Waals surface area contributed by atoms with E-state index in [2.05, 4.69) is 0 Å². The summed E-state index contributed by atoms with van der Waals surface area (Å²) >= 11 is 0. The molecule has 1 aromatic carbocycles. The Kier molecular flexibility index (Phi) is 7.94. The van der Waals surface area contributed by atoms with Crippen molar-refractivity contribution in [1.82, 2.24) is 9.21 Å². The van der Waals surface area contributed by atoms with Gasteiger partial charge in [-0.15, -0.1) is 0 Å². The van der Waals surface area contributed by atoms with E-state index in [9.17, 15) is 8.42 Å². The van der Waals surface area contributed by atoms with E-state index in [4.69, 9.17) is 9.47 Å². The van der Waals surface area contributed by atoms with Crippen molar-refractivity contribution in [2.45, 2.75) is 43.9 Å². The van der Waals surface area contributed by atoms with Crippen molar-refractivity contribution in [2.75, 3.05) is 47.9 Å². The summed E-state index contributed by atoms with van der Waals surface area (Å²) < 4.78 is 39.3. The average Bonchev–Trinajstić information content (AvgIpc) is 2.65. The monoisotopic (exact) mass is 398 g/mol. The molecular weight excluding hydrogens is 364 g/mol. The van der Waals surface area contributed by atoms with Crippen molar-refractivity contribution in [3.8, 4) is 11.5 Å². The smallest absolute Gasteiger partial charge is 0.243 e. The SMILES string of the molecule is COc1cc(C)c(S(=O)(=O)N(CCN(C)C)CC2CCCCC2)cc1OC. The third-order valence-corrected chi connectivity index (χ3v) is 7.29. The van der Waals surface area contributed by atoms with Crippen LogP contribution in [0.4, 0.5) is 0 Å². The van der Waals surface area contributed by atoms with Crippen LogP contribution in [-0.2, 0) is 10.0 Å². The molecule has 0 N–H and O–H groups in total. The number of likely N-dealkylation sites (N-methyl/N-ethyl adjacent to an activating group) is 1. The lowest BCUT2D eigenvalue weighted by Crippen LogP contribution is -2.40. The van der Waals surface area contributed by atoms with Crippen LogP contribution in [0, 0.1) is 12.8 Å². The van der Waals surface area contributed by atoms with Crippen LogP contribution >= 0.6 is 0 Å². The first kappa shape index (κ1) is 22.0. The number of aryl methyl sites for hydroxylation is 1. The molecule has 1 fully saturated rings. The first-order valence-electron chi connectivity index (χ1n) is 9.67. The van der Waals surface area contributed by atoms with Crippen LogP contribution in [-0.4, -0.2) is 65.6 Å². The van der Waals surface area contributed by atoms with Crippen LogP contribution in [0.1, 0.15) is 37.7 Å². The highest BCUT2D eigenvalue weighted by atomic mass is 32.2. The molecule has 1 saturated carbocycles. The number of hydrogen-bond donors (Lipinski definition) is 0. The van der Waals surface area contributed by atoms with Crippen LogP contribution in [0.25, 0.3) is 0 Å². The summed E-state index contributed by atoms with van der Waals surface area (Å²) in [5, 5.41) is 0. The van der Waals surface area contributed by atoms with Gasteiger partial charge in [-0.05, 0) is 51.4 Å². The summed E-state index contributed by atoms with van der Waals surface area (Å²) in [6, 6.07) is 3.32. The third-order valence-electron chi connectivity index (χ3n) is 5.28. The lowest BCUT2D eigenvalue weighted by molar-refractivity contribution is 0.260. The van der Waals surface area contributed by atoms with E-state index in [0.717, 1.165) is 12.8 Å². The van der Waals surface area contributed by atoms with Crippen molar-refractivity contribution in [2.24, 2.45) is 5.92 Å². The summed E-state index contributed by atoms with van der Waals surface area (Å²) in [6.45, 7) is 3.57. The van der Waals surface area contributed by atoms with Crippen LogP contribution in [0.15, 0.2) is 17.0 Å². The molecule has 0 bridgehead atoms. The van der Waals surface area contributed by atoms with Gasteiger partial charge < -0.3 is 14.4 Å². The number of ether oxygens (including phenoxy) is 2. The Hall–Kier alpha value is -1.31. The Bertz CT molecular complexity index is 713. The molecule has 6 nitrogen and oxygen atoms in total. The first-order chi connectivity index (χ1) is 12.8. The van der Waals surface area contributed by atoms with Gasteiger partial charge in [-0.2, -0.15) is 4.31 Å². The molecule has 0 aliphatic heterocycles. The highest BCUT2D eigenvalue weighted by Gasteiger charge is 2.30. The molecule has 1 aliphatic carbocycles. The van der Waals surface area contributed by atoms with Gasteiger partial charge in [0.25, 0.3) is 0 Å². The second-order valence-corrected chi connectivity index (χ2v) is 9.55. The molecule has 0 radical (unpaired) electrons. The zero-order valence-electron chi connectivity index (χ0n) is 17.3. The zero-order chi connectivity index (χ0) is 20.0. The van der Waals surface area contributed by atoms with Crippen LogP contribution < -0.4 is 9.47 Å².